The van der Waals surface area contributed by atoms with E-state index >= 15 is 0 Å². The molecule has 1 aliphatic heterocycles. The van der Waals surface area contributed by atoms with Crippen molar-refractivity contribution in [3.05, 3.63) is 69.7 Å². The molecule has 7 nitrogen and oxygen atoms in total. The zero-order chi connectivity index (χ0) is 22.5. The van der Waals surface area contributed by atoms with Crippen LogP contribution >= 0.6 is 15.9 Å². The summed E-state index contributed by atoms with van der Waals surface area (Å²) in [6, 6.07) is 13.4. The second kappa shape index (κ2) is 10.2. The van der Waals surface area contributed by atoms with Crippen LogP contribution in [0.4, 0.5) is 0 Å². The Balaban J connectivity index is 1.49. The standard InChI is InChI=1S/C24H27BrN4O3/c1-28(15-22-27-26-21-11-7-4-8-12-29(21)22)24(30)18-13-19(25)23(20(14-18)31-2)32-16-17-9-5-3-6-10-17/h3,5-6,9-10,13-14H,4,7-8,11-12,15-16H2,1-2H3. The number of nitrogens with zero attached hydrogens (tertiary/aromatic N) is 4. The van der Waals surface area contributed by atoms with Gasteiger partial charge in [-0.15, -0.1) is 10.2 Å². The van der Waals surface area contributed by atoms with Gasteiger partial charge in [0.2, 0.25) is 0 Å². The summed E-state index contributed by atoms with van der Waals surface area (Å²) < 4.78 is 14.3. The topological polar surface area (TPSA) is 69.5 Å². The number of hydrogen-bond donors (Lipinski definition) is 0. The van der Waals surface area contributed by atoms with E-state index < -0.39 is 0 Å². The highest BCUT2D eigenvalue weighted by atomic mass is 79.9. The van der Waals surface area contributed by atoms with E-state index in [1.54, 1.807) is 31.2 Å². The number of hydrogen-bond acceptors (Lipinski definition) is 5. The normalized spacial score (nSPS) is 13.2. The van der Waals surface area contributed by atoms with Gasteiger partial charge in [0, 0.05) is 25.6 Å². The molecular formula is C24H27BrN4O3. The number of fused-ring (bicyclic) bond motifs is 1. The Morgan fingerprint density at radius 3 is 2.75 bits per heavy atom. The van der Waals surface area contributed by atoms with Crippen molar-refractivity contribution in [3.8, 4) is 11.5 Å². The number of benzene rings is 2. The summed E-state index contributed by atoms with van der Waals surface area (Å²) in [6.45, 7) is 1.71. The van der Waals surface area contributed by atoms with Crippen LogP contribution in [0.2, 0.25) is 0 Å². The maximum Gasteiger partial charge on any atom is 0.254 e. The van der Waals surface area contributed by atoms with Crippen LogP contribution in [0.3, 0.4) is 0 Å². The van der Waals surface area contributed by atoms with E-state index in [1.807, 2.05) is 30.3 Å². The molecule has 0 spiro atoms. The molecule has 0 bridgehead atoms. The van der Waals surface area contributed by atoms with E-state index in [9.17, 15) is 4.79 Å². The summed E-state index contributed by atoms with van der Waals surface area (Å²) in [4.78, 5) is 14.8. The molecule has 3 aromatic rings. The maximum absolute atomic E-state index is 13.2. The lowest BCUT2D eigenvalue weighted by molar-refractivity contribution is 0.0779. The minimum atomic E-state index is -0.121. The number of carbonyl (C=O) groups excluding carboxylic acids is 1. The monoisotopic (exact) mass is 498 g/mol. The van der Waals surface area contributed by atoms with Gasteiger partial charge in [-0.05, 0) is 46.5 Å². The van der Waals surface area contributed by atoms with Gasteiger partial charge < -0.3 is 18.9 Å². The second-order valence-corrected chi connectivity index (χ2v) is 8.77. The quantitative estimate of drug-likeness (QED) is 0.475. The summed E-state index contributed by atoms with van der Waals surface area (Å²) in [5.74, 6) is 2.79. The summed E-state index contributed by atoms with van der Waals surface area (Å²) in [6.07, 6.45) is 4.40. The van der Waals surface area contributed by atoms with Crippen LogP contribution in [-0.4, -0.2) is 39.7 Å². The fourth-order valence-corrected chi connectivity index (χ4v) is 4.44. The highest BCUT2D eigenvalue weighted by molar-refractivity contribution is 9.10. The van der Waals surface area contributed by atoms with Gasteiger partial charge in [-0.2, -0.15) is 0 Å². The fourth-order valence-electron chi connectivity index (χ4n) is 3.88. The number of ether oxygens (including phenoxy) is 2. The Hall–Kier alpha value is -2.87. The Labute approximate surface area is 196 Å². The number of aromatic nitrogens is 3. The zero-order valence-electron chi connectivity index (χ0n) is 18.4. The first-order valence-electron chi connectivity index (χ1n) is 10.8. The van der Waals surface area contributed by atoms with Crippen molar-refractivity contribution in [1.82, 2.24) is 19.7 Å². The van der Waals surface area contributed by atoms with E-state index in [-0.39, 0.29) is 5.91 Å². The largest absolute Gasteiger partial charge is 0.493 e. The molecule has 2 aromatic carbocycles. The van der Waals surface area contributed by atoms with Gasteiger partial charge in [0.1, 0.15) is 12.4 Å². The number of halogens is 1. The van der Waals surface area contributed by atoms with Crippen molar-refractivity contribution < 1.29 is 14.3 Å². The molecular weight excluding hydrogens is 472 g/mol. The molecule has 0 saturated carbocycles. The molecule has 1 aliphatic rings. The highest BCUT2D eigenvalue weighted by Gasteiger charge is 2.21. The number of amides is 1. The molecule has 2 heterocycles. The molecule has 0 radical (unpaired) electrons. The van der Waals surface area contributed by atoms with Crippen molar-refractivity contribution in [2.45, 2.75) is 45.4 Å². The molecule has 1 aromatic heterocycles. The highest BCUT2D eigenvalue weighted by Crippen LogP contribution is 2.37. The van der Waals surface area contributed by atoms with Crippen molar-refractivity contribution >= 4 is 21.8 Å². The zero-order valence-corrected chi connectivity index (χ0v) is 20.0. The predicted molar refractivity (Wildman–Crippen MR) is 125 cm³/mol. The third-order valence-electron chi connectivity index (χ3n) is 5.61. The summed E-state index contributed by atoms with van der Waals surface area (Å²) >= 11 is 3.55. The summed E-state index contributed by atoms with van der Waals surface area (Å²) in [5.41, 5.74) is 1.56. The SMILES string of the molecule is COc1cc(C(=O)N(C)Cc2nnc3n2CCCCC3)cc(Br)c1OCc1ccccc1. The third-order valence-corrected chi connectivity index (χ3v) is 6.20. The molecule has 168 valence electrons. The molecule has 0 atom stereocenters. The lowest BCUT2D eigenvalue weighted by Gasteiger charge is -2.19. The lowest BCUT2D eigenvalue weighted by atomic mass is 10.1. The van der Waals surface area contributed by atoms with E-state index in [0.29, 0.717) is 34.7 Å². The van der Waals surface area contributed by atoms with Crippen molar-refractivity contribution in [2.75, 3.05) is 14.2 Å². The van der Waals surface area contributed by atoms with Gasteiger partial charge in [-0.25, -0.2) is 0 Å². The Bertz CT molecular complexity index is 1080. The number of rotatable bonds is 7. The number of aryl methyl sites for hydroxylation is 1. The predicted octanol–water partition coefficient (Wildman–Crippen LogP) is 4.63. The van der Waals surface area contributed by atoms with Gasteiger partial charge in [0.05, 0.1) is 18.1 Å². The van der Waals surface area contributed by atoms with Crippen LogP contribution in [0.1, 0.15) is 46.8 Å². The minimum Gasteiger partial charge on any atom is -0.493 e. The van der Waals surface area contributed by atoms with Crippen molar-refractivity contribution in [3.63, 3.8) is 0 Å². The van der Waals surface area contributed by atoms with Crippen LogP contribution in [0, 0.1) is 0 Å². The van der Waals surface area contributed by atoms with Gasteiger partial charge >= 0.3 is 0 Å². The molecule has 4 rings (SSSR count). The van der Waals surface area contributed by atoms with E-state index in [0.717, 1.165) is 43.0 Å². The minimum absolute atomic E-state index is 0.121. The van der Waals surface area contributed by atoms with Gasteiger partial charge in [-0.1, -0.05) is 36.8 Å². The number of methoxy groups -OCH3 is 1. The Morgan fingerprint density at radius 2 is 1.97 bits per heavy atom. The summed E-state index contributed by atoms with van der Waals surface area (Å²) in [5, 5.41) is 8.67. The molecule has 0 aliphatic carbocycles. The van der Waals surface area contributed by atoms with Crippen LogP contribution in [0.15, 0.2) is 46.9 Å². The van der Waals surface area contributed by atoms with Gasteiger partial charge in [0.25, 0.3) is 5.91 Å². The fraction of sp³-hybridized carbons (Fsp3) is 0.375. The van der Waals surface area contributed by atoms with Crippen LogP contribution in [0.5, 0.6) is 11.5 Å². The van der Waals surface area contributed by atoms with Gasteiger partial charge in [0.15, 0.2) is 17.3 Å². The maximum atomic E-state index is 13.2. The average Bonchev–Trinajstić information content (AvgIpc) is 3.03. The molecule has 32 heavy (non-hydrogen) atoms. The van der Waals surface area contributed by atoms with Crippen molar-refractivity contribution in [1.29, 1.82) is 0 Å². The van der Waals surface area contributed by atoms with E-state index in [4.69, 9.17) is 9.47 Å². The second-order valence-electron chi connectivity index (χ2n) is 7.92. The first-order valence-corrected chi connectivity index (χ1v) is 11.6. The third kappa shape index (κ3) is 4.96. The molecule has 1 amide bonds. The first-order chi connectivity index (χ1) is 15.6. The number of carbonyl (C=O) groups is 1. The Morgan fingerprint density at radius 1 is 1.16 bits per heavy atom. The van der Waals surface area contributed by atoms with Crippen LogP contribution < -0.4 is 9.47 Å². The first kappa shape index (κ1) is 22.3. The van der Waals surface area contributed by atoms with Crippen molar-refractivity contribution in [2.24, 2.45) is 0 Å². The Kier molecular flexibility index (Phi) is 7.09. The molecule has 0 fully saturated rings. The molecule has 0 unspecified atom stereocenters. The van der Waals surface area contributed by atoms with E-state index in [2.05, 4.69) is 30.7 Å². The molecule has 0 saturated heterocycles. The molecule has 0 N–H and O–H groups in total. The summed E-state index contributed by atoms with van der Waals surface area (Å²) in [7, 11) is 3.35. The smallest absolute Gasteiger partial charge is 0.254 e. The van der Waals surface area contributed by atoms with Crippen LogP contribution in [0.25, 0.3) is 0 Å². The van der Waals surface area contributed by atoms with Gasteiger partial charge in [-0.3, -0.25) is 4.79 Å². The van der Waals surface area contributed by atoms with Crippen LogP contribution in [-0.2, 0) is 26.1 Å². The molecule has 8 heteroatoms. The lowest BCUT2D eigenvalue weighted by Crippen LogP contribution is -2.28. The van der Waals surface area contributed by atoms with E-state index in [1.165, 1.54) is 6.42 Å². The average molecular weight is 499 g/mol.